The Kier molecular flexibility index (Phi) is 18.1. The molecule has 0 radical (unpaired) electrons. The average Bonchev–Trinajstić information content (AvgIpc) is 2.22. The molecule has 0 fully saturated rings. The van der Waals surface area contributed by atoms with E-state index in [-0.39, 0.29) is 88.5 Å². The topological polar surface area (TPSA) is 156 Å². The van der Waals surface area contributed by atoms with Gasteiger partial charge in [-0.1, -0.05) is 0 Å². The Morgan fingerprint density at radius 2 is 0.773 bits per heavy atom. The molecule has 0 aliphatic heterocycles. The van der Waals surface area contributed by atoms with E-state index in [4.69, 9.17) is 20.4 Å². The van der Waals surface area contributed by atoms with Crippen LogP contribution in [-0.2, 0) is 19.2 Å². The van der Waals surface area contributed by atoms with Crippen molar-refractivity contribution < 1.29 is 115 Å². The minimum Gasteiger partial charge on any atom is -1.00 e. The maximum absolute atomic E-state index is 10.6. The van der Waals surface area contributed by atoms with Gasteiger partial charge in [-0.3, -0.25) is 29.0 Å². The van der Waals surface area contributed by atoms with E-state index in [2.05, 4.69) is 0 Å². The number of aliphatic carboxylic acids is 4. The fraction of sp³-hybridized carbons (Fsp3) is 0.600. The van der Waals surface area contributed by atoms with Crippen molar-refractivity contribution in [2.45, 2.75) is 0 Å². The van der Waals surface area contributed by atoms with Gasteiger partial charge < -0.3 is 44.4 Å². The van der Waals surface area contributed by atoms with Crippen molar-refractivity contribution in [3.05, 3.63) is 0 Å². The van der Waals surface area contributed by atoms with Gasteiger partial charge in [-0.2, -0.15) is 0 Å². The van der Waals surface area contributed by atoms with E-state index in [9.17, 15) is 19.2 Å². The minimum atomic E-state index is -1.23. The molecule has 0 unspecified atom stereocenters. The first-order valence-electron chi connectivity index (χ1n) is 5.52. The van der Waals surface area contributed by atoms with E-state index in [1.54, 1.807) is 0 Å². The second kappa shape index (κ2) is 14.7. The third-order valence-corrected chi connectivity index (χ3v) is 2.17. The number of carboxylic acid groups (broad SMARTS) is 4. The van der Waals surface area contributed by atoms with Gasteiger partial charge in [0.25, 0.3) is 0 Å². The second-order valence-electron chi connectivity index (χ2n) is 4.00. The molecule has 12 heteroatoms. The zero-order chi connectivity index (χ0) is 15.7. The number of rotatable bonds is 11. The van der Waals surface area contributed by atoms with Crippen molar-refractivity contribution in [3.8, 4) is 0 Å². The summed E-state index contributed by atoms with van der Waals surface area (Å²) in [6.07, 6.45) is 0. The molecule has 0 aliphatic rings. The SMILES string of the molecule is O=C(O)CN(CCN(CC(=O)O)CC(=O)O)CC(=O)O.[I-].[K+]. The van der Waals surface area contributed by atoms with Crippen LogP contribution in [0.15, 0.2) is 0 Å². The summed E-state index contributed by atoms with van der Waals surface area (Å²) in [5, 5.41) is 34.5. The summed E-state index contributed by atoms with van der Waals surface area (Å²) in [5.41, 5.74) is 0. The van der Waals surface area contributed by atoms with Crippen LogP contribution in [-0.4, -0.2) is 93.4 Å². The number of hydrogen-bond acceptors (Lipinski definition) is 6. The Bertz CT molecular complexity index is 327. The summed E-state index contributed by atoms with van der Waals surface area (Å²) in [7, 11) is 0. The van der Waals surface area contributed by atoms with E-state index in [0.717, 1.165) is 9.80 Å². The minimum absolute atomic E-state index is 0. The molecular weight excluding hydrogens is 442 g/mol. The van der Waals surface area contributed by atoms with Crippen LogP contribution < -0.4 is 75.4 Å². The third-order valence-electron chi connectivity index (χ3n) is 2.17. The molecule has 0 bridgehead atoms. The van der Waals surface area contributed by atoms with Crippen LogP contribution in [0.2, 0.25) is 0 Å². The van der Waals surface area contributed by atoms with Crippen molar-refractivity contribution >= 4 is 23.9 Å². The van der Waals surface area contributed by atoms with Crippen molar-refractivity contribution in [2.75, 3.05) is 39.3 Å². The summed E-state index contributed by atoms with van der Waals surface area (Å²) >= 11 is 0. The van der Waals surface area contributed by atoms with Gasteiger partial charge in [0.2, 0.25) is 0 Å². The molecule has 0 heterocycles. The van der Waals surface area contributed by atoms with Gasteiger partial charge in [0.15, 0.2) is 0 Å². The fourth-order valence-electron chi connectivity index (χ4n) is 1.48. The summed E-state index contributed by atoms with van der Waals surface area (Å²) in [4.78, 5) is 44.4. The zero-order valence-corrected chi connectivity index (χ0v) is 17.2. The first-order chi connectivity index (χ1) is 9.20. The van der Waals surface area contributed by atoms with E-state index in [1.807, 2.05) is 0 Å². The molecule has 0 spiro atoms. The number of carbonyl (C=O) groups is 4. The van der Waals surface area contributed by atoms with Gasteiger partial charge in [0.05, 0.1) is 26.2 Å². The Morgan fingerprint density at radius 1 is 0.591 bits per heavy atom. The van der Waals surface area contributed by atoms with Crippen LogP contribution >= 0.6 is 0 Å². The Balaban J connectivity index is -0.00000180. The number of hydrogen-bond donors (Lipinski definition) is 4. The van der Waals surface area contributed by atoms with E-state index < -0.39 is 50.1 Å². The van der Waals surface area contributed by atoms with Gasteiger partial charge in [-0.15, -0.1) is 0 Å². The van der Waals surface area contributed by atoms with Crippen LogP contribution in [0, 0.1) is 0 Å². The van der Waals surface area contributed by atoms with Gasteiger partial charge in [-0.05, 0) is 0 Å². The molecule has 0 aromatic heterocycles. The zero-order valence-electron chi connectivity index (χ0n) is 11.9. The largest absolute Gasteiger partial charge is 1.00 e. The summed E-state index contributed by atoms with van der Waals surface area (Å²) in [6.45, 7) is -2.25. The molecule has 0 saturated heterocycles. The van der Waals surface area contributed by atoms with Crippen molar-refractivity contribution in [2.24, 2.45) is 0 Å². The van der Waals surface area contributed by atoms with Gasteiger partial charge in [0, 0.05) is 13.1 Å². The third kappa shape index (κ3) is 16.5. The molecule has 22 heavy (non-hydrogen) atoms. The van der Waals surface area contributed by atoms with E-state index in [1.165, 1.54) is 0 Å². The van der Waals surface area contributed by atoms with E-state index >= 15 is 0 Å². The predicted molar refractivity (Wildman–Crippen MR) is 63.4 cm³/mol. The van der Waals surface area contributed by atoms with Crippen LogP contribution in [0.25, 0.3) is 0 Å². The Hall–Kier alpha value is 0.166. The summed E-state index contributed by atoms with van der Waals surface area (Å²) < 4.78 is 0. The van der Waals surface area contributed by atoms with Crippen LogP contribution in [0.1, 0.15) is 0 Å². The molecule has 0 aromatic carbocycles. The smallest absolute Gasteiger partial charge is 1.00 e. The van der Waals surface area contributed by atoms with Crippen molar-refractivity contribution in [3.63, 3.8) is 0 Å². The first kappa shape index (κ1) is 27.0. The molecule has 122 valence electrons. The van der Waals surface area contributed by atoms with Gasteiger partial charge >= 0.3 is 75.3 Å². The average molecular weight is 458 g/mol. The molecule has 10 nitrogen and oxygen atoms in total. The molecule has 0 rings (SSSR count). The summed E-state index contributed by atoms with van der Waals surface area (Å²) in [6, 6.07) is 0. The maximum atomic E-state index is 10.6. The maximum Gasteiger partial charge on any atom is 1.00 e. The molecule has 0 amide bonds. The van der Waals surface area contributed by atoms with Crippen LogP contribution in [0.4, 0.5) is 0 Å². The molecule has 0 aliphatic carbocycles. The standard InChI is InChI=1S/C10H16N2O8.HI.K/c13-7(14)3-11(4-8(15)16)1-2-12(5-9(17)18)6-10(19)20;;/h1-6H2,(H,13,14)(H,15,16)(H,17,18)(H,19,20);1H;/q;;+1/p-1. The molecule has 0 atom stereocenters. The number of nitrogens with zero attached hydrogens (tertiary/aromatic N) is 2. The second-order valence-corrected chi connectivity index (χ2v) is 4.00. The molecular formula is C10H16IKN2O8. The summed E-state index contributed by atoms with van der Waals surface area (Å²) in [5.74, 6) is -4.91. The normalized spacial score (nSPS) is 9.73. The van der Waals surface area contributed by atoms with Crippen LogP contribution in [0.5, 0.6) is 0 Å². The van der Waals surface area contributed by atoms with Crippen molar-refractivity contribution in [1.82, 2.24) is 9.80 Å². The number of carboxylic acids is 4. The molecule has 4 N–H and O–H groups in total. The predicted octanol–water partition coefficient (Wildman–Crippen LogP) is -8.06. The quantitative estimate of drug-likeness (QED) is 0.173. The Labute approximate surface area is 185 Å². The fourth-order valence-corrected chi connectivity index (χ4v) is 1.48. The van der Waals surface area contributed by atoms with E-state index in [0.29, 0.717) is 0 Å². The van der Waals surface area contributed by atoms with Crippen molar-refractivity contribution in [1.29, 1.82) is 0 Å². The molecule has 0 aromatic rings. The van der Waals surface area contributed by atoms with Crippen LogP contribution in [0.3, 0.4) is 0 Å². The first-order valence-corrected chi connectivity index (χ1v) is 5.52. The van der Waals surface area contributed by atoms with Gasteiger partial charge in [0.1, 0.15) is 0 Å². The Morgan fingerprint density at radius 3 is 0.909 bits per heavy atom. The molecule has 0 saturated carbocycles. The van der Waals surface area contributed by atoms with Gasteiger partial charge in [-0.25, -0.2) is 0 Å². The number of halogens is 1. The monoisotopic (exact) mass is 458 g/mol.